The van der Waals surface area contributed by atoms with E-state index in [1.54, 1.807) is 0 Å². The van der Waals surface area contributed by atoms with Crippen LogP contribution in [0, 0.1) is 11.8 Å². The van der Waals surface area contributed by atoms with Crippen molar-refractivity contribution >= 4 is 36.6 Å². The number of hydrogen-bond acceptors (Lipinski definition) is 6. The molecule has 0 bridgehead atoms. The van der Waals surface area contributed by atoms with Crippen molar-refractivity contribution in [1.29, 1.82) is 0 Å². The number of piperidine rings is 2. The molecule has 0 spiro atoms. The molecule has 4 saturated heterocycles. The summed E-state index contributed by atoms with van der Waals surface area (Å²) in [7, 11) is 0. The quantitative estimate of drug-likeness (QED) is 0.454. The van der Waals surface area contributed by atoms with Crippen molar-refractivity contribution < 1.29 is 19.8 Å². The van der Waals surface area contributed by atoms with Gasteiger partial charge in [-0.25, -0.2) is 0 Å². The molecule has 4 aliphatic heterocycles. The fraction of sp³-hybridized carbons (Fsp3) is 0.900. The maximum Gasteiger partial charge on any atom is 0.252 e. The number of aliphatic hydroxyl groups is 2. The number of nitrogens with zero attached hydrogens (tertiary/aromatic N) is 2. The monoisotopic (exact) mass is 468 g/mol. The van der Waals surface area contributed by atoms with Gasteiger partial charge in [0.2, 0.25) is 0 Å². The van der Waals surface area contributed by atoms with E-state index in [0.717, 1.165) is 65.0 Å². The first-order valence-corrected chi connectivity index (χ1v) is 10.8. The summed E-state index contributed by atoms with van der Waals surface area (Å²) in [5, 5.41) is 25.7. The zero-order chi connectivity index (χ0) is 20.3. The van der Waals surface area contributed by atoms with E-state index in [9.17, 15) is 19.8 Å². The predicted octanol–water partition coefficient (Wildman–Crippen LogP) is -0.00120. The summed E-state index contributed by atoms with van der Waals surface area (Å²) < 4.78 is 0. The Labute approximate surface area is 191 Å². The van der Waals surface area contributed by atoms with Gasteiger partial charge in [0.1, 0.15) is 12.2 Å². The van der Waals surface area contributed by atoms with Gasteiger partial charge in [0.05, 0.1) is 0 Å². The summed E-state index contributed by atoms with van der Waals surface area (Å²) in [6.45, 7) is 9.26. The highest BCUT2D eigenvalue weighted by Gasteiger charge is 2.40. The Morgan fingerprint density at radius 1 is 0.700 bits per heavy atom. The molecule has 30 heavy (non-hydrogen) atoms. The van der Waals surface area contributed by atoms with Gasteiger partial charge in [0.25, 0.3) is 11.8 Å². The summed E-state index contributed by atoms with van der Waals surface area (Å²) >= 11 is 0. The number of carbonyl (C=O) groups is 2. The maximum absolute atomic E-state index is 11.7. The van der Waals surface area contributed by atoms with Gasteiger partial charge in [-0.1, -0.05) is 13.8 Å². The third-order valence-corrected chi connectivity index (χ3v) is 6.62. The van der Waals surface area contributed by atoms with Crippen LogP contribution in [0.4, 0.5) is 0 Å². The zero-order valence-electron chi connectivity index (χ0n) is 18.0. The number of rotatable bonds is 2. The van der Waals surface area contributed by atoms with E-state index in [0.29, 0.717) is 12.1 Å². The second kappa shape index (κ2) is 12.4. The number of hydrogen-bond donors (Lipinski definition) is 4. The molecule has 0 aromatic rings. The Kier molecular flexibility index (Phi) is 11.3. The highest BCUT2D eigenvalue weighted by molar-refractivity contribution is 5.86. The molecule has 4 N–H and O–H groups in total. The van der Waals surface area contributed by atoms with E-state index < -0.39 is 12.2 Å². The summed E-state index contributed by atoms with van der Waals surface area (Å²) in [6.07, 6.45) is 2.56. The first kappa shape index (κ1) is 27.4. The molecule has 0 saturated carbocycles. The Morgan fingerprint density at radius 2 is 1.00 bits per heavy atom. The van der Waals surface area contributed by atoms with Gasteiger partial charge in [0, 0.05) is 37.0 Å². The van der Waals surface area contributed by atoms with Crippen LogP contribution in [-0.4, -0.2) is 95.4 Å². The van der Waals surface area contributed by atoms with Gasteiger partial charge >= 0.3 is 0 Å². The van der Waals surface area contributed by atoms with Crippen LogP contribution >= 0.6 is 24.8 Å². The van der Waals surface area contributed by atoms with Crippen molar-refractivity contribution in [2.45, 2.75) is 63.8 Å². The molecular weight excluding hydrogens is 431 g/mol. The standard InChI is InChI=1S/2C10H18N2O2.2ClH/c2*1-7-6-12(10(14)9(7)13)8-2-4-11-5-3-8;;/h2*7-9,11,13H,2-6H2,1H3;2*1H/t7-,9+;7-,9-;;/m00../s1. The third kappa shape index (κ3) is 6.20. The van der Waals surface area contributed by atoms with Crippen molar-refractivity contribution in [3.05, 3.63) is 0 Å². The second-order valence-electron chi connectivity index (χ2n) is 8.79. The van der Waals surface area contributed by atoms with Crippen LogP contribution in [0.1, 0.15) is 39.5 Å². The van der Waals surface area contributed by atoms with E-state index >= 15 is 0 Å². The van der Waals surface area contributed by atoms with Crippen molar-refractivity contribution in [2.24, 2.45) is 11.8 Å². The first-order valence-electron chi connectivity index (χ1n) is 10.8. The van der Waals surface area contributed by atoms with Gasteiger partial charge in [-0.2, -0.15) is 0 Å². The molecule has 2 amide bonds. The lowest BCUT2D eigenvalue weighted by Crippen LogP contribution is -2.44. The van der Waals surface area contributed by atoms with Gasteiger partial charge in [-0.15, -0.1) is 24.8 Å². The minimum absolute atomic E-state index is 0. The van der Waals surface area contributed by atoms with Crippen LogP contribution in [0.25, 0.3) is 0 Å². The molecule has 176 valence electrons. The lowest BCUT2D eigenvalue weighted by atomic mass is 10.1. The van der Waals surface area contributed by atoms with E-state index in [2.05, 4.69) is 10.6 Å². The van der Waals surface area contributed by atoms with Crippen molar-refractivity contribution in [3.8, 4) is 0 Å². The normalized spacial score (nSPS) is 32.9. The van der Waals surface area contributed by atoms with Crippen LogP contribution in [0.5, 0.6) is 0 Å². The minimum atomic E-state index is -0.759. The second-order valence-corrected chi connectivity index (χ2v) is 8.79. The number of halogens is 2. The summed E-state index contributed by atoms with van der Waals surface area (Å²) in [5.74, 6) is 0.0589. The molecule has 0 aromatic heterocycles. The molecule has 4 aliphatic rings. The molecule has 10 heteroatoms. The molecule has 0 aromatic carbocycles. The molecule has 0 aliphatic carbocycles. The minimum Gasteiger partial charge on any atom is -0.383 e. The molecule has 4 rings (SSSR count). The summed E-state index contributed by atoms with van der Waals surface area (Å²) in [4.78, 5) is 27.1. The highest BCUT2D eigenvalue weighted by Crippen LogP contribution is 2.24. The lowest BCUT2D eigenvalue weighted by molar-refractivity contribution is -0.137. The fourth-order valence-electron chi connectivity index (χ4n) is 4.72. The zero-order valence-corrected chi connectivity index (χ0v) is 19.6. The van der Waals surface area contributed by atoms with E-state index in [1.165, 1.54) is 0 Å². The van der Waals surface area contributed by atoms with Crippen molar-refractivity contribution in [1.82, 2.24) is 20.4 Å². The molecule has 4 heterocycles. The van der Waals surface area contributed by atoms with E-state index in [4.69, 9.17) is 0 Å². The van der Waals surface area contributed by atoms with Crippen LogP contribution in [0.3, 0.4) is 0 Å². The summed E-state index contributed by atoms with van der Waals surface area (Å²) in [5.41, 5.74) is 0. The van der Waals surface area contributed by atoms with Crippen LogP contribution in [0.2, 0.25) is 0 Å². The number of aliphatic hydroxyl groups excluding tert-OH is 2. The van der Waals surface area contributed by atoms with E-state index in [1.807, 2.05) is 23.6 Å². The number of likely N-dealkylation sites (tertiary alicyclic amines) is 2. The van der Waals surface area contributed by atoms with E-state index in [-0.39, 0.29) is 48.5 Å². The highest BCUT2D eigenvalue weighted by atomic mass is 35.5. The van der Waals surface area contributed by atoms with Crippen molar-refractivity contribution in [2.75, 3.05) is 39.3 Å². The average molecular weight is 469 g/mol. The molecule has 0 radical (unpaired) electrons. The number of amides is 2. The average Bonchev–Trinajstić information content (AvgIpc) is 3.14. The molecular formula is C20H38Cl2N4O4. The number of nitrogens with one attached hydrogen (secondary N) is 2. The Hall–Kier alpha value is -0.640. The van der Waals surface area contributed by atoms with Gasteiger partial charge in [-0.3, -0.25) is 9.59 Å². The third-order valence-electron chi connectivity index (χ3n) is 6.62. The lowest BCUT2D eigenvalue weighted by Gasteiger charge is -2.31. The van der Waals surface area contributed by atoms with Gasteiger partial charge in [0.15, 0.2) is 0 Å². The Bertz CT molecular complexity index is 511. The predicted molar refractivity (Wildman–Crippen MR) is 120 cm³/mol. The van der Waals surface area contributed by atoms with Crippen LogP contribution < -0.4 is 10.6 Å². The maximum atomic E-state index is 11.7. The Morgan fingerprint density at radius 3 is 1.23 bits per heavy atom. The Balaban J connectivity index is 0.000000281. The topological polar surface area (TPSA) is 105 Å². The number of carbonyl (C=O) groups excluding carboxylic acids is 2. The van der Waals surface area contributed by atoms with Crippen LogP contribution in [-0.2, 0) is 9.59 Å². The van der Waals surface area contributed by atoms with Crippen LogP contribution in [0.15, 0.2) is 0 Å². The molecule has 0 unspecified atom stereocenters. The first-order chi connectivity index (χ1) is 13.4. The summed E-state index contributed by atoms with van der Waals surface area (Å²) in [6, 6.07) is 0.701. The molecule has 4 fully saturated rings. The molecule has 4 atom stereocenters. The van der Waals surface area contributed by atoms with Gasteiger partial charge in [-0.05, 0) is 51.9 Å². The van der Waals surface area contributed by atoms with Crippen molar-refractivity contribution in [3.63, 3.8) is 0 Å². The molecule has 8 nitrogen and oxygen atoms in total. The smallest absolute Gasteiger partial charge is 0.252 e. The fourth-order valence-corrected chi connectivity index (χ4v) is 4.72. The largest absolute Gasteiger partial charge is 0.383 e. The van der Waals surface area contributed by atoms with Gasteiger partial charge < -0.3 is 30.6 Å². The SMILES string of the molecule is C[C@H]1CN(C2CCNCC2)C(=O)[C@@H]1O.C[C@H]1CN(C2CCNCC2)C(=O)[C@H]1O.Cl.Cl.